The minimum Gasteiger partial charge on any atom is -0.423 e. The maximum absolute atomic E-state index is 14.1. The summed E-state index contributed by atoms with van der Waals surface area (Å²) < 4.78 is 32.2. The summed E-state index contributed by atoms with van der Waals surface area (Å²) in [6.07, 6.45) is 3.45. The molecule has 0 aromatic heterocycles. The van der Waals surface area contributed by atoms with Crippen molar-refractivity contribution in [1.29, 1.82) is 0 Å². The number of rotatable bonds is 8. The Hall–Kier alpha value is -3.42. The number of Topliss-reactive ketones (excluding diaryl/α,β-unsaturated/α-hetero) is 1. The fourth-order valence-corrected chi connectivity index (χ4v) is 3.85. The van der Waals surface area contributed by atoms with Gasteiger partial charge in [0.05, 0.1) is 11.5 Å². The molecule has 6 nitrogen and oxygen atoms in total. The average Bonchev–Trinajstić information content (AvgIpc) is 2.78. The Morgan fingerprint density at radius 2 is 1.91 bits per heavy atom. The van der Waals surface area contributed by atoms with E-state index in [4.69, 9.17) is 4.74 Å². The van der Waals surface area contributed by atoms with Gasteiger partial charge in [-0.1, -0.05) is 24.6 Å². The number of carbonyl (C=O) groups is 3. The highest BCUT2D eigenvalue weighted by Gasteiger charge is 2.27. The van der Waals surface area contributed by atoms with Crippen LogP contribution in [0.2, 0.25) is 0 Å². The molecular weight excluding hydrogens is 430 g/mol. The highest BCUT2D eigenvalue weighted by atomic mass is 19.1. The van der Waals surface area contributed by atoms with Gasteiger partial charge in [0, 0.05) is 19.2 Å². The molecule has 0 aliphatic heterocycles. The lowest BCUT2D eigenvalue weighted by molar-refractivity contribution is -0.132. The number of ketones is 1. The number of halogens is 2. The van der Waals surface area contributed by atoms with Crippen LogP contribution in [0.25, 0.3) is 0 Å². The van der Waals surface area contributed by atoms with Crippen molar-refractivity contribution < 1.29 is 27.9 Å². The van der Waals surface area contributed by atoms with Crippen molar-refractivity contribution in [3.63, 3.8) is 0 Å². The maximum Gasteiger partial charge on any atom is 0.308 e. The zero-order chi connectivity index (χ0) is 23.8. The highest BCUT2D eigenvalue weighted by Crippen LogP contribution is 2.25. The van der Waals surface area contributed by atoms with Gasteiger partial charge in [-0.05, 0) is 55.5 Å². The van der Waals surface area contributed by atoms with E-state index in [2.05, 4.69) is 10.3 Å². The van der Waals surface area contributed by atoms with Crippen LogP contribution < -0.4 is 10.1 Å². The van der Waals surface area contributed by atoms with E-state index in [1.54, 1.807) is 12.1 Å². The van der Waals surface area contributed by atoms with Crippen LogP contribution in [0.4, 0.5) is 8.78 Å². The maximum atomic E-state index is 14.1. The number of hydrogen-bond acceptors (Lipinski definition) is 5. The predicted molar refractivity (Wildman–Crippen MR) is 119 cm³/mol. The monoisotopic (exact) mass is 456 g/mol. The van der Waals surface area contributed by atoms with Crippen molar-refractivity contribution in [1.82, 2.24) is 5.32 Å². The quantitative estimate of drug-likeness (QED) is 0.369. The molecule has 1 aliphatic rings. The van der Waals surface area contributed by atoms with E-state index in [-0.39, 0.29) is 23.8 Å². The smallest absolute Gasteiger partial charge is 0.308 e. The van der Waals surface area contributed by atoms with E-state index in [1.807, 2.05) is 0 Å². The first-order valence-corrected chi connectivity index (χ1v) is 10.9. The molecule has 3 rings (SSSR count). The molecule has 0 heterocycles. The number of nitrogens with one attached hydrogen (secondary N) is 1. The molecule has 1 N–H and O–H groups in total. The molecule has 0 spiro atoms. The zero-order valence-corrected chi connectivity index (χ0v) is 18.4. The molecule has 0 bridgehead atoms. The van der Waals surface area contributed by atoms with E-state index < -0.39 is 29.2 Å². The van der Waals surface area contributed by atoms with Crippen LogP contribution in [0.15, 0.2) is 47.5 Å². The van der Waals surface area contributed by atoms with Crippen molar-refractivity contribution in [2.24, 2.45) is 10.9 Å². The van der Waals surface area contributed by atoms with Crippen molar-refractivity contribution in [3.05, 3.63) is 65.2 Å². The predicted octanol–water partition coefficient (Wildman–Crippen LogP) is 4.06. The van der Waals surface area contributed by atoms with Crippen LogP contribution in [0.1, 0.15) is 48.5 Å². The third kappa shape index (κ3) is 6.78. The number of esters is 1. The first kappa shape index (κ1) is 24.2. The number of hydrogen-bond donors (Lipinski definition) is 1. The van der Waals surface area contributed by atoms with Gasteiger partial charge in [-0.2, -0.15) is 0 Å². The number of para-hydroxylation sites is 1. The lowest BCUT2D eigenvalue weighted by Crippen LogP contribution is -2.38. The molecule has 1 aliphatic carbocycles. The van der Waals surface area contributed by atoms with Crippen molar-refractivity contribution in [3.8, 4) is 5.75 Å². The summed E-state index contributed by atoms with van der Waals surface area (Å²) in [5, 5.41) is 2.87. The normalized spacial score (nSPS) is 16.9. The van der Waals surface area contributed by atoms with Gasteiger partial charge in [0.15, 0.2) is 17.3 Å². The molecule has 0 radical (unpaired) electrons. The molecular formula is C25H26F2N2O4. The number of carbonyl (C=O) groups excluding carboxylic acids is 3. The van der Waals surface area contributed by atoms with Gasteiger partial charge in [-0.25, -0.2) is 8.78 Å². The lowest BCUT2D eigenvalue weighted by Gasteiger charge is -2.23. The van der Waals surface area contributed by atoms with E-state index >= 15 is 0 Å². The molecule has 1 amide bonds. The van der Waals surface area contributed by atoms with Crippen LogP contribution in [-0.4, -0.2) is 36.5 Å². The first-order chi connectivity index (χ1) is 15.8. The second-order valence-electron chi connectivity index (χ2n) is 7.91. The van der Waals surface area contributed by atoms with E-state index in [9.17, 15) is 23.2 Å². The van der Waals surface area contributed by atoms with Crippen molar-refractivity contribution in [2.45, 2.75) is 39.0 Å². The number of amides is 1. The standard InChI is InChI=1S/C25H26F2N2O4/c1-16(30)33-24-20(9-5-10-21(24)27)23(31)15-29-22-11-3-2-8-19(22)25(32)28-13-12-17-6-4-7-18(26)14-17/h4-7,9-10,14,19H,2-3,8,11-13,15H2,1H3,(H,28,32). The molecule has 2 aromatic carbocycles. The summed E-state index contributed by atoms with van der Waals surface area (Å²) in [5.74, 6) is -3.40. The second kappa shape index (κ2) is 11.4. The molecule has 33 heavy (non-hydrogen) atoms. The van der Waals surface area contributed by atoms with Crippen LogP contribution in [0.3, 0.4) is 0 Å². The Bertz CT molecular complexity index is 1070. The van der Waals surface area contributed by atoms with Crippen molar-refractivity contribution >= 4 is 23.4 Å². The second-order valence-corrected chi connectivity index (χ2v) is 7.91. The molecule has 2 aromatic rings. The number of aliphatic imine (C=N–C) groups is 1. The molecule has 8 heteroatoms. The fraction of sp³-hybridized carbons (Fsp3) is 0.360. The summed E-state index contributed by atoms with van der Waals surface area (Å²) in [7, 11) is 0. The highest BCUT2D eigenvalue weighted by molar-refractivity contribution is 6.07. The molecule has 1 atom stereocenters. The Morgan fingerprint density at radius 1 is 1.12 bits per heavy atom. The summed E-state index contributed by atoms with van der Waals surface area (Å²) >= 11 is 0. The summed E-state index contributed by atoms with van der Waals surface area (Å²) in [6, 6.07) is 10.1. The van der Waals surface area contributed by atoms with Crippen LogP contribution in [0.5, 0.6) is 5.75 Å². The Kier molecular flexibility index (Phi) is 8.40. The number of benzene rings is 2. The van der Waals surface area contributed by atoms with Crippen LogP contribution in [-0.2, 0) is 16.0 Å². The van der Waals surface area contributed by atoms with Gasteiger partial charge in [0.1, 0.15) is 12.4 Å². The lowest BCUT2D eigenvalue weighted by atomic mass is 9.86. The molecule has 174 valence electrons. The number of ether oxygens (including phenoxy) is 1. The third-order valence-electron chi connectivity index (χ3n) is 5.44. The molecule has 1 saturated carbocycles. The van der Waals surface area contributed by atoms with Crippen LogP contribution in [0, 0.1) is 17.6 Å². The Morgan fingerprint density at radius 3 is 2.67 bits per heavy atom. The summed E-state index contributed by atoms with van der Waals surface area (Å²) in [4.78, 5) is 41.1. The van der Waals surface area contributed by atoms with Crippen LogP contribution >= 0.6 is 0 Å². The molecule has 1 fully saturated rings. The molecule has 1 unspecified atom stereocenters. The minimum atomic E-state index is -0.808. The van der Waals surface area contributed by atoms with Crippen molar-refractivity contribution in [2.75, 3.05) is 13.1 Å². The topological polar surface area (TPSA) is 84.8 Å². The summed E-state index contributed by atoms with van der Waals surface area (Å²) in [5.41, 5.74) is 1.35. The van der Waals surface area contributed by atoms with E-state index in [1.165, 1.54) is 24.3 Å². The van der Waals surface area contributed by atoms with E-state index in [0.717, 1.165) is 31.4 Å². The Balaban J connectivity index is 1.64. The van der Waals surface area contributed by atoms with Gasteiger partial charge in [0.2, 0.25) is 5.91 Å². The summed E-state index contributed by atoms with van der Waals surface area (Å²) in [6.45, 7) is 1.21. The third-order valence-corrected chi connectivity index (χ3v) is 5.44. The molecule has 0 saturated heterocycles. The first-order valence-electron chi connectivity index (χ1n) is 10.9. The number of nitrogens with zero attached hydrogens (tertiary/aromatic N) is 1. The zero-order valence-electron chi connectivity index (χ0n) is 18.4. The van der Waals surface area contributed by atoms with Gasteiger partial charge in [-0.3, -0.25) is 19.4 Å². The van der Waals surface area contributed by atoms with Gasteiger partial charge in [-0.15, -0.1) is 0 Å². The SMILES string of the molecule is CC(=O)Oc1c(F)cccc1C(=O)CN=C1CCCCC1C(=O)NCCc1cccc(F)c1. The Labute approximate surface area is 191 Å². The van der Waals surface area contributed by atoms with Gasteiger partial charge in [0.25, 0.3) is 0 Å². The fourth-order valence-electron chi connectivity index (χ4n) is 3.85. The average molecular weight is 456 g/mol. The van der Waals surface area contributed by atoms with Gasteiger partial charge >= 0.3 is 5.97 Å². The van der Waals surface area contributed by atoms with Gasteiger partial charge < -0.3 is 10.1 Å². The van der Waals surface area contributed by atoms with E-state index in [0.29, 0.717) is 31.5 Å². The largest absolute Gasteiger partial charge is 0.423 e. The minimum absolute atomic E-state index is 0.0681.